The molecule has 1 rings (SSSR count). The highest BCUT2D eigenvalue weighted by Crippen LogP contribution is 2.17. The van der Waals surface area contributed by atoms with Gasteiger partial charge in [0.25, 0.3) is 0 Å². The van der Waals surface area contributed by atoms with Gasteiger partial charge in [-0.25, -0.2) is 0 Å². The number of hydrogen-bond acceptors (Lipinski definition) is 3. The lowest BCUT2D eigenvalue weighted by Crippen LogP contribution is -2.46. The van der Waals surface area contributed by atoms with Gasteiger partial charge in [0.1, 0.15) is 5.41 Å². The number of hydrogen-bond donors (Lipinski definition) is 2. The molecule has 0 bridgehead atoms. The fraction of sp³-hybridized carbons (Fsp3) is 0.833. The molecule has 2 N–H and O–H groups in total. The first-order valence-electron chi connectivity index (χ1n) is 6.04. The summed E-state index contributed by atoms with van der Waals surface area (Å²) in [4.78, 5) is 24.9. The molecule has 1 atom stereocenters. The van der Waals surface area contributed by atoms with E-state index >= 15 is 0 Å². The second kappa shape index (κ2) is 5.49. The van der Waals surface area contributed by atoms with E-state index in [0.717, 1.165) is 25.9 Å². The Morgan fingerprint density at radius 2 is 2.12 bits per heavy atom. The van der Waals surface area contributed by atoms with Crippen LogP contribution in [0.5, 0.6) is 0 Å². The number of nitrogens with zero attached hydrogens (tertiary/aromatic N) is 1. The predicted octanol–water partition coefficient (Wildman–Crippen LogP) is 0.555. The average molecular weight is 242 g/mol. The normalized spacial score (nSPS) is 22.2. The van der Waals surface area contributed by atoms with E-state index < -0.39 is 17.3 Å². The summed E-state index contributed by atoms with van der Waals surface area (Å²) < 4.78 is 0. The van der Waals surface area contributed by atoms with Gasteiger partial charge < -0.3 is 15.3 Å². The van der Waals surface area contributed by atoms with E-state index in [1.165, 1.54) is 13.8 Å². The van der Waals surface area contributed by atoms with Gasteiger partial charge in [0, 0.05) is 13.1 Å². The Balaban J connectivity index is 2.40. The molecule has 1 heterocycles. The van der Waals surface area contributed by atoms with E-state index in [1.807, 2.05) is 0 Å². The fourth-order valence-corrected chi connectivity index (χ4v) is 1.99. The Bertz CT molecular complexity index is 302. The number of carboxylic acid groups (broad SMARTS) is 1. The topological polar surface area (TPSA) is 69.6 Å². The van der Waals surface area contributed by atoms with Crippen LogP contribution in [0.15, 0.2) is 0 Å². The van der Waals surface area contributed by atoms with Crippen molar-refractivity contribution in [1.29, 1.82) is 0 Å². The number of carbonyl (C=O) groups excluding carboxylic acids is 1. The van der Waals surface area contributed by atoms with E-state index in [2.05, 4.69) is 17.3 Å². The summed E-state index contributed by atoms with van der Waals surface area (Å²) in [7, 11) is 2.06. The van der Waals surface area contributed by atoms with Crippen molar-refractivity contribution < 1.29 is 14.7 Å². The smallest absolute Gasteiger partial charge is 0.318 e. The Labute approximate surface area is 102 Å². The standard InChI is InChI=1S/C12H22N2O3/c1-12(2,11(16)17)10(15)13-7-9-5-4-6-14(3)8-9/h9H,4-8H2,1-3H3,(H,13,15)(H,16,17). The van der Waals surface area contributed by atoms with Crippen LogP contribution in [0.25, 0.3) is 0 Å². The molecule has 98 valence electrons. The number of carbonyl (C=O) groups is 2. The van der Waals surface area contributed by atoms with Crippen molar-refractivity contribution in [2.75, 3.05) is 26.7 Å². The first-order valence-corrected chi connectivity index (χ1v) is 6.04. The van der Waals surface area contributed by atoms with E-state index in [1.54, 1.807) is 0 Å². The van der Waals surface area contributed by atoms with Crippen molar-refractivity contribution in [1.82, 2.24) is 10.2 Å². The molecular weight excluding hydrogens is 220 g/mol. The SMILES string of the molecule is CN1CCCC(CNC(=O)C(C)(C)C(=O)O)C1. The third-order valence-corrected chi connectivity index (χ3v) is 3.38. The summed E-state index contributed by atoms with van der Waals surface area (Å²) in [5.41, 5.74) is -1.35. The minimum absolute atomic E-state index is 0.404. The molecule has 0 saturated carbocycles. The second-order valence-electron chi connectivity index (χ2n) is 5.41. The predicted molar refractivity (Wildman–Crippen MR) is 64.6 cm³/mol. The lowest BCUT2D eigenvalue weighted by molar-refractivity contribution is -0.153. The van der Waals surface area contributed by atoms with Gasteiger partial charge in [0.2, 0.25) is 5.91 Å². The molecule has 5 nitrogen and oxygen atoms in total. The van der Waals surface area contributed by atoms with Gasteiger partial charge in [-0.2, -0.15) is 0 Å². The van der Waals surface area contributed by atoms with Crippen molar-refractivity contribution in [2.24, 2.45) is 11.3 Å². The van der Waals surface area contributed by atoms with Crippen molar-refractivity contribution in [3.8, 4) is 0 Å². The fourth-order valence-electron chi connectivity index (χ4n) is 1.99. The molecule has 17 heavy (non-hydrogen) atoms. The molecule has 1 unspecified atom stereocenters. The van der Waals surface area contributed by atoms with Gasteiger partial charge in [0.05, 0.1) is 0 Å². The maximum Gasteiger partial charge on any atom is 0.318 e. The zero-order valence-electron chi connectivity index (χ0n) is 10.8. The van der Waals surface area contributed by atoms with Crippen LogP contribution in [0.4, 0.5) is 0 Å². The number of likely N-dealkylation sites (tertiary alicyclic amines) is 1. The van der Waals surface area contributed by atoms with Crippen LogP contribution in [-0.4, -0.2) is 48.6 Å². The summed E-state index contributed by atoms with van der Waals surface area (Å²) in [6.45, 7) is 5.49. The van der Waals surface area contributed by atoms with Crippen LogP contribution in [0, 0.1) is 11.3 Å². The third-order valence-electron chi connectivity index (χ3n) is 3.38. The van der Waals surface area contributed by atoms with E-state index in [0.29, 0.717) is 12.5 Å². The number of amides is 1. The van der Waals surface area contributed by atoms with Crippen LogP contribution in [-0.2, 0) is 9.59 Å². The number of carboxylic acids is 1. The molecule has 0 aromatic carbocycles. The maximum absolute atomic E-state index is 11.7. The molecule has 1 fully saturated rings. The van der Waals surface area contributed by atoms with Crippen molar-refractivity contribution >= 4 is 11.9 Å². The van der Waals surface area contributed by atoms with Gasteiger partial charge in [-0.15, -0.1) is 0 Å². The lowest BCUT2D eigenvalue weighted by Gasteiger charge is -2.30. The van der Waals surface area contributed by atoms with Gasteiger partial charge in [-0.1, -0.05) is 0 Å². The number of nitrogens with one attached hydrogen (secondary N) is 1. The second-order valence-corrected chi connectivity index (χ2v) is 5.41. The van der Waals surface area contributed by atoms with Gasteiger partial charge in [-0.3, -0.25) is 9.59 Å². The summed E-state index contributed by atoms with van der Waals surface area (Å²) in [6, 6.07) is 0. The van der Waals surface area contributed by atoms with Gasteiger partial charge in [-0.05, 0) is 46.2 Å². The van der Waals surface area contributed by atoms with Crippen LogP contribution >= 0.6 is 0 Å². The van der Waals surface area contributed by atoms with Crippen LogP contribution < -0.4 is 5.32 Å². The summed E-state index contributed by atoms with van der Waals surface area (Å²) >= 11 is 0. The highest BCUT2D eigenvalue weighted by molar-refractivity contribution is 6.00. The summed E-state index contributed by atoms with van der Waals surface area (Å²) in [6.07, 6.45) is 2.23. The molecule has 0 aromatic rings. The molecule has 1 saturated heterocycles. The Hall–Kier alpha value is -1.10. The quantitative estimate of drug-likeness (QED) is 0.707. The van der Waals surface area contributed by atoms with Crippen LogP contribution in [0.1, 0.15) is 26.7 Å². The highest BCUT2D eigenvalue weighted by atomic mass is 16.4. The zero-order valence-corrected chi connectivity index (χ0v) is 10.8. The lowest BCUT2D eigenvalue weighted by atomic mass is 9.92. The molecule has 0 radical (unpaired) electrons. The molecule has 1 aliphatic rings. The molecule has 0 aromatic heterocycles. The minimum Gasteiger partial charge on any atom is -0.480 e. The van der Waals surface area contributed by atoms with Crippen molar-refractivity contribution in [3.63, 3.8) is 0 Å². The molecule has 0 spiro atoms. The molecular formula is C12H22N2O3. The first kappa shape index (κ1) is 14.0. The van der Waals surface area contributed by atoms with E-state index in [-0.39, 0.29) is 0 Å². The van der Waals surface area contributed by atoms with Crippen LogP contribution in [0.3, 0.4) is 0 Å². The summed E-state index contributed by atoms with van der Waals surface area (Å²) in [5, 5.41) is 11.7. The summed E-state index contributed by atoms with van der Waals surface area (Å²) in [5.74, 6) is -1.06. The van der Waals surface area contributed by atoms with Crippen molar-refractivity contribution in [3.05, 3.63) is 0 Å². The van der Waals surface area contributed by atoms with E-state index in [4.69, 9.17) is 5.11 Å². The molecule has 0 aliphatic carbocycles. The van der Waals surface area contributed by atoms with Crippen molar-refractivity contribution in [2.45, 2.75) is 26.7 Å². The Kier molecular flexibility index (Phi) is 4.51. The number of rotatable bonds is 4. The maximum atomic E-state index is 11.7. The largest absolute Gasteiger partial charge is 0.480 e. The molecule has 1 amide bonds. The highest BCUT2D eigenvalue weighted by Gasteiger charge is 2.36. The first-order chi connectivity index (χ1) is 7.84. The molecule has 1 aliphatic heterocycles. The number of aliphatic carboxylic acids is 1. The van der Waals surface area contributed by atoms with Gasteiger partial charge >= 0.3 is 5.97 Å². The number of piperidine rings is 1. The monoisotopic (exact) mass is 242 g/mol. The average Bonchev–Trinajstić information content (AvgIpc) is 2.25. The third kappa shape index (κ3) is 3.70. The Morgan fingerprint density at radius 3 is 2.65 bits per heavy atom. The Morgan fingerprint density at radius 1 is 1.47 bits per heavy atom. The van der Waals surface area contributed by atoms with Crippen LogP contribution in [0.2, 0.25) is 0 Å². The van der Waals surface area contributed by atoms with E-state index in [9.17, 15) is 9.59 Å². The van der Waals surface area contributed by atoms with Gasteiger partial charge in [0.15, 0.2) is 0 Å². The zero-order chi connectivity index (χ0) is 13.1. The molecule has 5 heteroatoms. The minimum atomic E-state index is -1.35.